The molecule has 1 aromatic carbocycles. The van der Waals surface area contributed by atoms with Crippen LogP contribution in [0, 0.1) is 6.92 Å². The molecule has 0 radical (unpaired) electrons. The molecule has 0 atom stereocenters. The molecular weight excluding hydrogens is 188 g/mol. The molecular formula is C13H14O2. The molecule has 0 spiro atoms. The second-order valence-electron chi connectivity index (χ2n) is 4.02. The van der Waals surface area contributed by atoms with Gasteiger partial charge in [0.1, 0.15) is 0 Å². The zero-order chi connectivity index (χ0) is 10.8. The number of allylic oxidation sites excluding steroid dienone is 1. The van der Waals surface area contributed by atoms with Crippen LogP contribution in [0.15, 0.2) is 23.8 Å². The molecule has 2 heteroatoms. The summed E-state index contributed by atoms with van der Waals surface area (Å²) in [7, 11) is 0. The molecule has 0 aliphatic heterocycles. The summed E-state index contributed by atoms with van der Waals surface area (Å²) in [5.41, 5.74) is 5.16. The van der Waals surface area contributed by atoms with Crippen molar-refractivity contribution in [2.45, 2.75) is 26.2 Å². The quantitative estimate of drug-likeness (QED) is 0.818. The van der Waals surface area contributed by atoms with E-state index in [1.54, 1.807) is 0 Å². The molecule has 15 heavy (non-hydrogen) atoms. The van der Waals surface area contributed by atoms with Crippen LogP contribution in [0.5, 0.6) is 0 Å². The minimum atomic E-state index is -0.719. The van der Waals surface area contributed by atoms with Gasteiger partial charge in [0.05, 0.1) is 0 Å². The Morgan fingerprint density at radius 2 is 2.27 bits per heavy atom. The number of hydrogen-bond donors (Lipinski definition) is 1. The van der Waals surface area contributed by atoms with E-state index in [0.29, 0.717) is 6.42 Å². The maximum atomic E-state index is 10.5. The molecule has 2 rings (SSSR count). The number of rotatable bonds is 3. The van der Waals surface area contributed by atoms with Crippen molar-refractivity contribution in [1.82, 2.24) is 0 Å². The monoisotopic (exact) mass is 202 g/mol. The van der Waals surface area contributed by atoms with E-state index in [2.05, 4.69) is 25.1 Å². The molecule has 78 valence electrons. The first kappa shape index (κ1) is 9.97. The van der Waals surface area contributed by atoms with Gasteiger partial charge in [-0.25, -0.2) is 0 Å². The van der Waals surface area contributed by atoms with Gasteiger partial charge in [-0.05, 0) is 36.5 Å². The van der Waals surface area contributed by atoms with Gasteiger partial charge in [-0.1, -0.05) is 29.8 Å². The van der Waals surface area contributed by atoms with E-state index in [0.717, 1.165) is 6.42 Å². The molecule has 0 fully saturated rings. The number of carboxylic acids is 1. The lowest BCUT2D eigenvalue weighted by Gasteiger charge is -2.03. The topological polar surface area (TPSA) is 37.3 Å². The highest BCUT2D eigenvalue weighted by atomic mass is 16.4. The van der Waals surface area contributed by atoms with Crippen LogP contribution < -0.4 is 0 Å². The van der Waals surface area contributed by atoms with Crippen molar-refractivity contribution < 1.29 is 9.90 Å². The van der Waals surface area contributed by atoms with Gasteiger partial charge in [0.25, 0.3) is 0 Å². The molecule has 1 aliphatic rings. The van der Waals surface area contributed by atoms with Gasteiger partial charge in [0.15, 0.2) is 0 Å². The Kier molecular flexibility index (Phi) is 2.58. The number of aryl methyl sites for hydroxylation is 1. The maximum absolute atomic E-state index is 10.5. The lowest BCUT2D eigenvalue weighted by molar-refractivity contribution is -0.136. The van der Waals surface area contributed by atoms with Crippen LogP contribution >= 0.6 is 0 Å². The second kappa shape index (κ2) is 3.89. The minimum Gasteiger partial charge on any atom is -0.481 e. The highest BCUT2D eigenvalue weighted by molar-refractivity contribution is 5.69. The zero-order valence-electron chi connectivity index (χ0n) is 8.79. The molecule has 1 aliphatic carbocycles. The van der Waals surface area contributed by atoms with Gasteiger partial charge in [0.2, 0.25) is 0 Å². The van der Waals surface area contributed by atoms with Crippen molar-refractivity contribution in [2.24, 2.45) is 0 Å². The number of aliphatic carboxylic acids is 1. The molecule has 0 aromatic heterocycles. The first-order valence-corrected chi connectivity index (χ1v) is 5.16. The van der Waals surface area contributed by atoms with Crippen LogP contribution in [0.1, 0.15) is 29.5 Å². The first-order chi connectivity index (χ1) is 7.16. The summed E-state index contributed by atoms with van der Waals surface area (Å²) in [6.45, 7) is 2.10. The highest BCUT2D eigenvalue weighted by Crippen LogP contribution is 2.29. The van der Waals surface area contributed by atoms with E-state index >= 15 is 0 Å². The Hall–Kier alpha value is -1.57. The van der Waals surface area contributed by atoms with Crippen molar-refractivity contribution in [3.63, 3.8) is 0 Å². The van der Waals surface area contributed by atoms with Crippen LogP contribution in [0.4, 0.5) is 0 Å². The summed E-state index contributed by atoms with van der Waals surface area (Å²) in [6, 6.07) is 6.24. The smallest absolute Gasteiger partial charge is 0.303 e. The van der Waals surface area contributed by atoms with Crippen LogP contribution in [0.25, 0.3) is 6.08 Å². The van der Waals surface area contributed by atoms with Crippen molar-refractivity contribution in [3.8, 4) is 0 Å². The number of carboxylic acid groups (broad SMARTS) is 1. The van der Waals surface area contributed by atoms with Crippen LogP contribution in [0.2, 0.25) is 0 Å². The van der Waals surface area contributed by atoms with Gasteiger partial charge in [-0.15, -0.1) is 0 Å². The molecule has 0 amide bonds. The van der Waals surface area contributed by atoms with Crippen LogP contribution in [-0.2, 0) is 11.2 Å². The third-order valence-electron chi connectivity index (χ3n) is 2.87. The average molecular weight is 202 g/mol. The summed E-state index contributed by atoms with van der Waals surface area (Å²) in [6.07, 6.45) is 3.96. The number of benzene rings is 1. The van der Waals surface area contributed by atoms with E-state index in [1.165, 1.54) is 22.3 Å². The lowest BCUT2D eigenvalue weighted by Crippen LogP contribution is -1.96. The fourth-order valence-corrected chi connectivity index (χ4v) is 2.03. The van der Waals surface area contributed by atoms with Crippen molar-refractivity contribution in [3.05, 3.63) is 40.5 Å². The molecule has 2 nitrogen and oxygen atoms in total. The summed E-state index contributed by atoms with van der Waals surface area (Å²) in [4.78, 5) is 10.5. The SMILES string of the molecule is Cc1cccc2c1CC(CCC(=O)O)=C2. The van der Waals surface area contributed by atoms with Crippen molar-refractivity contribution in [1.29, 1.82) is 0 Å². The Morgan fingerprint density at radius 3 is 2.93 bits per heavy atom. The lowest BCUT2D eigenvalue weighted by atomic mass is 10.0. The molecule has 0 saturated heterocycles. The first-order valence-electron chi connectivity index (χ1n) is 5.16. The summed E-state index contributed by atoms with van der Waals surface area (Å²) in [5, 5.41) is 8.62. The summed E-state index contributed by atoms with van der Waals surface area (Å²) < 4.78 is 0. The van der Waals surface area contributed by atoms with Crippen molar-refractivity contribution >= 4 is 12.0 Å². The Morgan fingerprint density at radius 1 is 1.47 bits per heavy atom. The largest absolute Gasteiger partial charge is 0.481 e. The minimum absolute atomic E-state index is 0.235. The van der Waals surface area contributed by atoms with Crippen molar-refractivity contribution in [2.75, 3.05) is 0 Å². The van der Waals surface area contributed by atoms with E-state index in [-0.39, 0.29) is 6.42 Å². The predicted molar refractivity (Wildman–Crippen MR) is 59.7 cm³/mol. The molecule has 0 saturated carbocycles. The molecule has 1 aromatic rings. The fraction of sp³-hybridized carbons (Fsp3) is 0.308. The summed E-state index contributed by atoms with van der Waals surface area (Å²) in [5.74, 6) is -0.719. The predicted octanol–water partition coefficient (Wildman–Crippen LogP) is 2.80. The standard InChI is InChI=1S/C13H14O2/c1-9-3-2-4-11-7-10(8-12(9)11)5-6-13(14)15/h2-4,7H,5-6,8H2,1H3,(H,14,15). The second-order valence-corrected chi connectivity index (χ2v) is 4.02. The van der Waals surface area contributed by atoms with Gasteiger partial charge in [0, 0.05) is 6.42 Å². The van der Waals surface area contributed by atoms with E-state index in [1.807, 2.05) is 6.07 Å². The Balaban J connectivity index is 2.12. The third-order valence-corrected chi connectivity index (χ3v) is 2.87. The van der Waals surface area contributed by atoms with Gasteiger partial charge in [-0.2, -0.15) is 0 Å². The molecule has 0 unspecified atom stereocenters. The average Bonchev–Trinajstić information content (AvgIpc) is 2.59. The third kappa shape index (κ3) is 2.09. The summed E-state index contributed by atoms with van der Waals surface area (Å²) >= 11 is 0. The zero-order valence-corrected chi connectivity index (χ0v) is 8.79. The van der Waals surface area contributed by atoms with E-state index < -0.39 is 5.97 Å². The molecule has 0 heterocycles. The van der Waals surface area contributed by atoms with Crippen LogP contribution in [-0.4, -0.2) is 11.1 Å². The van der Waals surface area contributed by atoms with E-state index in [9.17, 15) is 4.79 Å². The highest BCUT2D eigenvalue weighted by Gasteiger charge is 2.14. The fourth-order valence-electron chi connectivity index (χ4n) is 2.03. The number of hydrogen-bond acceptors (Lipinski definition) is 1. The Labute approximate surface area is 89.2 Å². The number of fused-ring (bicyclic) bond motifs is 1. The van der Waals surface area contributed by atoms with Crippen LogP contribution in [0.3, 0.4) is 0 Å². The normalized spacial score (nSPS) is 13.5. The Bertz CT molecular complexity index is 430. The van der Waals surface area contributed by atoms with E-state index in [4.69, 9.17) is 5.11 Å². The maximum Gasteiger partial charge on any atom is 0.303 e. The number of carbonyl (C=O) groups is 1. The van der Waals surface area contributed by atoms with Gasteiger partial charge >= 0.3 is 5.97 Å². The molecule has 1 N–H and O–H groups in total. The van der Waals surface area contributed by atoms with Gasteiger partial charge in [-0.3, -0.25) is 4.79 Å². The molecule has 0 bridgehead atoms. The van der Waals surface area contributed by atoms with Gasteiger partial charge < -0.3 is 5.11 Å².